The highest BCUT2D eigenvalue weighted by atomic mass is 32.1. The zero-order chi connectivity index (χ0) is 22.6. The predicted molar refractivity (Wildman–Crippen MR) is 112 cm³/mol. The van der Waals surface area contributed by atoms with Crippen LogP contribution in [-0.2, 0) is 19.3 Å². The van der Waals surface area contributed by atoms with Gasteiger partial charge in [0.1, 0.15) is 15.8 Å². The number of hydrogen-bond donors (Lipinski definition) is 2. The van der Waals surface area contributed by atoms with Gasteiger partial charge in [-0.2, -0.15) is 13.2 Å². The molecular formula is C21H21F3N3O3S+. The molecule has 0 unspecified atom stereocenters. The van der Waals surface area contributed by atoms with Crippen LogP contribution in [0.2, 0.25) is 0 Å². The number of rotatable bonds is 8. The van der Waals surface area contributed by atoms with Gasteiger partial charge in [-0.3, -0.25) is 0 Å². The summed E-state index contributed by atoms with van der Waals surface area (Å²) in [6.45, 7) is 4.09. The van der Waals surface area contributed by atoms with Crippen molar-refractivity contribution in [3.63, 3.8) is 0 Å². The molecule has 31 heavy (non-hydrogen) atoms. The molecule has 0 atom stereocenters. The van der Waals surface area contributed by atoms with Gasteiger partial charge in [0.05, 0.1) is 12.1 Å². The molecular weight excluding hydrogens is 431 g/mol. The Morgan fingerprint density at radius 2 is 1.68 bits per heavy atom. The third-order valence-electron chi connectivity index (χ3n) is 4.37. The molecule has 164 valence electrons. The van der Waals surface area contributed by atoms with Crippen LogP contribution < -0.4 is 10.1 Å². The van der Waals surface area contributed by atoms with Gasteiger partial charge >= 0.3 is 12.1 Å². The van der Waals surface area contributed by atoms with Crippen LogP contribution in [0.3, 0.4) is 0 Å². The van der Waals surface area contributed by atoms with Gasteiger partial charge in [0.15, 0.2) is 0 Å². The van der Waals surface area contributed by atoms with Crippen molar-refractivity contribution in [2.24, 2.45) is 0 Å². The molecule has 3 rings (SSSR count). The molecule has 0 spiro atoms. The monoisotopic (exact) mass is 452 g/mol. The van der Waals surface area contributed by atoms with E-state index in [0.717, 1.165) is 17.7 Å². The zero-order valence-corrected chi connectivity index (χ0v) is 17.6. The summed E-state index contributed by atoms with van der Waals surface area (Å²) in [5.74, 6) is -0.300. The molecule has 0 aliphatic heterocycles. The average molecular weight is 452 g/mol. The van der Waals surface area contributed by atoms with Gasteiger partial charge in [0.2, 0.25) is 0 Å². The number of aliphatic carboxylic acids is 1. The van der Waals surface area contributed by atoms with E-state index >= 15 is 0 Å². The van der Waals surface area contributed by atoms with Crippen LogP contribution in [0.5, 0.6) is 5.75 Å². The Morgan fingerprint density at radius 3 is 2.26 bits per heavy atom. The summed E-state index contributed by atoms with van der Waals surface area (Å²) in [6, 6.07) is 12.0. The van der Waals surface area contributed by atoms with Crippen molar-refractivity contribution in [2.45, 2.75) is 38.7 Å². The number of aliphatic hydroxyl groups excluding tert-OH is 1. The maximum Gasteiger partial charge on any atom is 0.525 e. The first kappa shape index (κ1) is 22.7. The number of aromatic nitrogens is 2. The minimum atomic E-state index is -4.37. The smallest absolute Gasteiger partial charge is 0.470 e. The van der Waals surface area contributed by atoms with Gasteiger partial charge in [0.25, 0.3) is 5.60 Å². The molecule has 2 aromatic carbocycles. The molecule has 0 amide bonds. The van der Waals surface area contributed by atoms with Gasteiger partial charge in [-0.25, -0.2) is 0 Å². The Balaban J connectivity index is 1.53. The number of nitrogens with one attached hydrogen (secondary N) is 1. The lowest BCUT2D eigenvalue weighted by Gasteiger charge is -2.17. The summed E-state index contributed by atoms with van der Waals surface area (Å²) in [6.07, 6.45) is -4.37. The minimum absolute atomic E-state index is 0.455. The largest absolute Gasteiger partial charge is 0.525 e. The maximum absolute atomic E-state index is 12.7. The number of alkyl halides is 3. The molecule has 0 aliphatic rings. The summed E-state index contributed by atoms with van der Waals surface area (Å²) < 4.78 is 43.5. The Morgan fingerprint density at radius 1 is 1.03 bits per heavy atom. The molecule has 0 aliphatic carbocycles. The van der Waals surface area contributed by atoms with E-state index in [4.69, 9.17) is 4.74 Å². The number of nitrogens with zero attached hydrogens (tertiary/aromatic N) is 2. The molecule has 3 aromatic rings. The third-order valence-corrected chi connectivity index (χ3v) is 5.34. The summed E-state index contributed by atoms with van der Waals surface area (Å²) >= 11 is 1.31. The first-order chi connectivity index (χ1) is 14.5. The lowest BCUT2D eigenvalue weighted by Crippen LogP contribution is -2.38. The fourth-order valence-corrected chi connectivity index (χ4v) is 3.39. The van der Waals surface area contributed by atoms with Crippen molar-refractivity contribution in [3.05, 3.63) is 64.7 Å². The van der Waals surface area contributed by atoms with Crippen LogP contribution in [0.1, 0.15) is 30.0 Å². The minimum Gasteiger partial charge on any atom is -0.470 e. The number of carboxylic acid groups (broad SMARTS) is 1. The molecule has 0 fully saturated rings. The molecule has 0 saturated heterocycles. The van der Waals surface area contributed by atoms with Crippen LogP contribution in [0.4, 0.5) is 13.2 Å². The Labute approximate surface area is 180 Å². The van der Waals surface area contributed by atoms with Gasteiger partial charge in [0, 0.05) is 12.1 Å². The number of halogens is 3. The second-order valence-electron chi connectivity index (χ2n) is 7.26. The standard InChI is InChI=1S/C21H20F3N3O3S/c1-20(2,19(28)29)30-16-9-3-13(4-10-16)11-25-12-17-26-27-18(31-17)14-5-7-15(8-6-14)21(22,23)24/h3-10,25H,11-12H2,1-2H3,(H,28,29)/p+1. The first-order valence-electron chi connectivity index (χ1n) is 9.28. The van der Waals surface area contributed by atoms with E-state index in [1.54, 1.807) is 26.0 Å². The number of carboxylic acids is 1. The van der Waals surface area contributed by atoms with E-state index < -0.39 is 23.3 Å². The van der Waals surface area contributed by atoms with Crippen LogP contribution in [-0.4, -0.2) is 31.7 Å². The van der Waals surface area contributed by atoms with E-state index in [9.17, 15) is 23.1 Å². The van der Waals surface area contributed by atoms with Crippen LogP contribution >= 0.6 is 11.3 Å². The van der Waals surface area contributed by atoms with Crippen molar-refractivity contribution in [1.29, 1.82) is 0 Å². The van der Waals surface area contributed by atoms with Crippen molar-refractivity contribution in [1.82, 2.24) is 15.5 Å². The fraction of sp³-hybridized carbons (Fsp3) is 0.286. The fourth-order valence-electron chi connectivity index (χ4n) is 2.57. The van der Waals surface area contributed by atoms with Gasteiger partial charge in [-0.05, 0) is 43.7 Å². The molecule has 10 heteroatoms. The lowest BCUT2D eigenvalue weighted by molar-refractivity contribution is -0.137. The first-order valence-corrected chi connectivity index (χ1v) is 10.1. The quantitative estimate of drug-likeness (QED) is 0.483. The summed E-state index contributed by atoms with van der Waals surface area (Å²) in [5.41, 5.74) is -0.340. The van der Waals surface area contributed by atoms with E-state index in [1.807, 2.05) is 12.1 Å². The highest BCUT2D eigenvalue weighted by Crippen LogP contribution is 2.31. The average Bonchev–Trinajstić information content (AvgIpc) is 3.17. The summed E-state index contributed by atoms with van der Waals surface area (Å²) in [5, 5.41) is 21.9. The SMILES string of the molecule is CC(C)(Oc1ccc(CNCc2nnc(-c3ccc(C(F)(F)F)cc3)s2)cc1)C(O)=[OH+]. The Bertz CT molecular complexity index is 1030. The van der Waals surface area contributed by atoms with Crippen LogP contribution in [0, 0.1) is 0 Å². The second kappa shape index (κ2) is 9.03. The predicted octanol–water partition coefficient (Wildman–Crippen LogP) is 4.73. The van der Waals surface area contributed by atoms with Crippen molar-refractivity contribution >= 4 is 17.3 Å². The third kappa shape index (κ3) is 6.02. The molecule has 3 N–H and O–H groups in total. The van der Waals surface area contributed by atoms with Gasteiger partial charge < -0.3 is 20.0 Å². The molecule has 0 bridgehead atoms. The summed E-state index contributed by atoms with van der Waals surface area (Å²) in [7, 11) is 0. The molecule has 6 nitrogen and oxygen atoms in total. The maximum atomic E-state index is 12.7. The van der Waals surface area contributed by atoms with E-state index in [-0.39, 0.29) is 0 Å². The second-order valence-corrected chi connectivity index (χ2v) is 8.32. The van der Waals surface area contributed by atoms with Gasteiger partial charge in [-0.15, -0.1) is 10.2 Å². The topological polar surface area (TPSA) is 88.7 Å². The normalized spacial score (nSPS) is 12.0. The van der Waals surface area contributed by atoms with Crippen LogP contribution in [0.25, 0.3) is 10.6 Å². The highest BCUT2D eigenvalue weighted by Gasteiger charge is 2.36. The summed E-state index contributed by atoms with van der Waals surface area (Å²) in [4.78, 5) is 9.22. The van der Waals surface area contributed by atoms with E-state index in [2.05, 4.69) is 15.5 Å². The highest BCUT2D eigenvalue weighted by molar-refractivity contribution is 7.14. The van der Waals surface area contributed by atoms with Crippen molar-refractivity contribution < 1.29 is 27.8 Å². The van der Waals surface area contributed by atoms with Gasteiger partial charge in [-0.1, -0.05) is 35.6 Å². The molecule has 0 radical (unpaired) electrons. The van der Waals surface area contributed by atoms with Crippen LogP contribution in [0.15, 0.2) is 48.5 Å². The van der Waals surface area contributed by atoms with E-state index in [1.165, 1.54) is 23.5 Å². The Hall–Kier alpha value is -2.98. The Kier molecular flexibility index (Phi) is 6.61. The lowest BCUT2D eigenvalue weighted by atomic mass is 10.1. The molecule has 1 aromatic heterocycles. The molecule has 0 saturated carbocycles. The molecule has 1 heterocycles. The van der Waals surface area contributed by atoms with E-state index in [0.29, 0.717) is 34.4 Å². The number of hydrogen-bond acceptors (Lipinski definition) is 5. The van der Waals surface area contributed by atoms with Crippen molar-refractivity contribution in [3.8, 4) is 16.3 Å². The van der Waals surface area contributed by atoms with Crippen molar-refractivity contribution in [2.75, 3.05) is 0 Å². The zero-order valence-electron chi connectivity index (χ0n) is 16.8. The number of ether oxygens (including phenoxy) is 1. The number of benzene rings is 2.